The van der Waals surface area contributed by atoms with Gasteiger partial charge in [-0.2, -0.15) is 0 Å². The highest BCUT2D eigenvalue weighted by Gasteiger charge is 2.34. The minimum absolute atomic E-state index is 0.0380. The SMILES string of the molecule is CC(C)(CS(=O)(=O)c1ccc2c(c1)OCCO2)C(=O)O. The van der Waals surface area contributed by atoms with Crippen molar-refractivity contribution in [1.82, 2.24) is 0 Å². The van der Waals surface area contributed by atoms with Crippen molar-refractivity contribution >= 4 is 15.8 Å². The summed E-state index contributed by atoms with van der Waals surface area (Å²) in [5, 5.41) is 9.03. The van der Waals surface area contributed by atoms with Crippen molar-refractivity contribution in [3.05, 3.63) is 18.2 Å². The van der Waals surface area contributed by atoms with Crippen LogP contribution in [0.1, 0.15) is 13.8 Å². The van der Waals surface area contributed by atoms with Crippen LogP contribution in [0.4, 0.5) is 0 Å². The Bertz CT molecular complexity index is 632. The van der Waals surface area contributed by atoms with Gasteiger partial charge in [0.15, 0.2) is 21.3 Å². The second-order valence-electron chi connectivity index (χ2n) is 5.25. The van der Waals surface area contributed by atoms with Gasteiger partial charge in [-0.15, -0.1) is 0 Å². The third-order valence-electron chi connectivity index (χ3n) is 3.00. The lowest BCUT2D eigenvalue weighted by atomic mass is 9.97. The summed E-state index contributed by atoms with van der Waals surface area (Å²) in [7, 11) is -3.71. The fourth-order valence-corrected chi connectivity index (χ4v) is 3.64. The van der Waals surface area contributed by atoms with Gasteiger partial charge in [-0.25, -0.2) is 8.42 Å². The molecule has 20 heavy (non-hydrogen) atoms. The number of hydrogen-bond acceptors (Lipinski definition) is 5. The van der Waals surface area contributed by atoms with E-state index in [-0.39, 0.29) is 4.90 Å². The van der Waals surface area contributed by atoms with E-state index in [1.807, 2.05) is 0 Å². The summed E-state index contributed by atoms with van der Waals surface area (Å²) >= 11 is 0. The highest BCUT2D eigenvalue weighted by molar-refractivity contribution is 7.91. The van der Waals surface area contributed by atoms with Crippen molar-refractivity contribution in [1.29, 1.82) is 0 Å². The van der Waals surface area contributed by atoms with E-state index in [2.05, 4.69) is 0 Å². The maximum atomic E-state index is 12.3. The zero-order valence-electron chi connectivity index (χ0n) is 11.3. The average Bonchev–Trinajstić information content (AvgIpc) is 2.36. The van der Waals surface area contributed by atoms with Gasteiger partial charge in [0, 0.05) is 6.07 Å². The second-order valence-corrected chi connectivity index (χ2v) is 7.24. The Hall–Kier alpha value is -1.76. The Morgan fingerprint density at radius 2 is 1.85 bits per heavy atom. The highest BCUT2D eigenvalue weighted by Crippen LogP contribution is 2.33. The molecule has 0 atom stereocenters. The minimum atomic E-state index is -3.71. The van der Waals surface area contributed by atoms with Crippen LogP contribution in [0, 0.1) is 5.41 Å². The number of carboxylic acid groups (broad SMARTS) is 1. The van der Waals surface area contributed by atoms with Crippen LogP contribution in [-0.2, 0) is 14.6 Å². The van der Waals surface area contributed by atoms with E-state index in [1.54, 1.807) is 0 Å². The lowest BCUT2D eigenvalue weighted by Gasteiger charge is -2.21. The highest BCUT2D eigenvalue weighted by atomic mass is 32.2. The average molecular weight is 300 g/mol. The number of carbonyl (C=O) groups is 1. The van der Waals surface area contributed by atoms with Crippen LogP contribution in [0.25, 0.3) is 0 Å². The van der Waals surface area contributed by atoms with Gasteiger partial charge in [0.2, 0.25) is 0 Å². The number of fused-ring (bicyclic) bond motifs is 1. The molecule has 0 saturated carbocycles. The van der Waals surface area contributed by atoms with E-state index in [0.717, 1.165) is 0 Å². The largest absolute Gasteiger partial charge is 0.486 e. The number of rotatable bonds is 4. The van der Waals surface area contributed by atoms with Gasteiger partial charge in [0.1, 0.15) is 13.2 Å². The van der Waals surface area contributed by atoms with Crippen molar-refractivity contribution in [2.24, 2.45) is 5.41 Å². The molecule has 0 unspecified atom stereocenters. The van der Waals surface area contributed by atoms with Crippen LogP contribution in [0.3, 0.4) is 0 Å². The first-order valence-corrected chi connectivity index (χ1v) is 7.73. The first-order valence-electron chi connectivity index (χ1n) is 6.08. The molecule has 0 spiro atoms. The van der Waals surface area contributed by atoms with Crippen LogP contribution < -0.4 is 9.47 Å². The maximum absolute atomic E-state index is 12.3. The quantitative estimate of drug-likeness (QED) is 0.902. The Morgan fingerprint density at radius 1 is 1.25 bits per heavy atom. The van der Waals surface area contributed by atoms with E-state index >= 15 is 0 Å². The van der Waals surface area contributed by atoms with Gasteiger partial charge in [0.25, 0.3) is 0 Å². The number of carboxylic acids is 1. The molecule has 1 aliphatic rings. The van der Waals surface area contributed by atoms with E-state index in [1.165, 1.54) is 32.0 Å². The minimum Gasteiger partial charge on any atom is -0.486 e. The predicted molar refractivity (Wildman–Crippen MR) is 70.9 cm³/mol. The van der Waals surface area contributed by atoms with Crippen LogP contribution in [0.2, 0.25) is 0 Å². The summed E-state index contributed by atoms with van der Waals surface area (Å²) in [4.78, 5) is 11.1. The first kappa shape index (κ1) is 14.6. The predicted octanol–water partition coefficient (Wildman–Crippen LogP) is 1.34. The molecule has 0 radical (unpaired) electrons. The van der Waals surface area contributed by atoms with Crippen LogP contribution in [0.15, 0.2) is 23.1 Å². The smallest absolute Gasteiger partial charge is 0.310 e. The molecule has 7 heteroatoms. The number of hydrogen-bond donors (Lipinski definition) is 1. The van der Waals surface area contributed by atoms with Gasteiger partial charge < -0.3 is 14.6 Å². The van der Waals surface area contributed by atoms with Gasteiger partial charge in [-0.05, 0) is 26.0 Å². The molecule has 0 aromatic heterocycles. The molecule has 0 amide bonds. The van der Waals surface area contributed by atoms with Gasteiger partial charge in [-0.3, -0.25) is 4.79 Å². The maximum Gasteiger partial charge on any atom is 0.310 e. The molecule has 0 aliphatic carbocycles. The summed E-state index contributed by atoms with van der Waals surface area (Å²) in [5.41, 5.74) is -1.36. The van der Waals surface area contributed by atoms with Crippen LogP contribution >= 0.6 is 0 Å². The van der Waals surface area contributed by atoms with Crippen LogP contribution in [0.5, 0.6) is 11.5 Å². The van der Waals surface area contributed by atoms with Gasteiger partial charge >= 0.3 is 5.97 Å². The molecule has 1 heterocycles. The third-order valence-corrected chi connectivity index (χ3v) is 5.08. The van der Waals surface area contributed by atoms with Gasteiger partial charge in [-0.1, -0.05) is 0 Å². The van der Waals surface area contributed by atoms with Crippen molar-refractivity contribution in [2.45, 2.75) is 18.7 Å². The lowest BCUT2D eigenvalue weighted by Crippen LogP contribution is -2.32. The monoisotopic (exact) mass is 300 g/mol. The molecule has 1 aliphatic heterocycles. The van der Waals surface area contributed by atoms with E-state index < -0.39 is 27.0 Å². The summed E-state index contributed by atoms with van der Waals surface area (Å²) < 4.78 is 35.2. The molecule has 0 bridgehead atoms. The third kappa shape index (κ3) is 2.87. The number of benzene rings is 1. The van der Waals surface area contributed by atoms with E-state index in [4.69, 9.17) is 14.6 Å². The zero-order chi connectivity index (χ0) is 15.0. The Kier molecular flexibility index (Phi) is 3.64. The number of ether oxygens (including phenoxy) is 2. The molecule has 110 valence electrons. The topological polar surface area (TPSA) is 89.9 Å². The summed E-state index contributed by atoms with van der Waals surface area (Å²) in [6.07, 6.45) is 0. The standard InChI is InChI=1S/C13H16O6S/c1-13(2,12(14)15)8-20(16,17)9-3-4-10-11(7-9)19-6-5-18-10/h3-4,7H,5-6,8H2,1-2H3,(H,14,15). The molecule has 6 nitrogen and oxygen atoms in total. The Morgan fingerprint density at radius 3 is 2.45 bits per heavy atom. The molecule has 1 aromatic carbocycles. The lowest BCUT2D eigenvalue weighted by molar-refractivity contribution is -0.145. The summed E-state index contributed by atoms with van der Waals surface area (Å²) in [6.45, 7) is 3.54. The molecule has 1 aromatic rings. The first-order chi connectivity index (χ1) is 9.22. The molecular formula is C13H16O6S. The fraction of sp³-hybridized carbons (Fsp3) is 0.462. The second kappa shape index (κ2) is 4.97. The molecule has 1 N–H and O–H groups in total. The summed E-state index contributed by atoms with van der Waals surface area (Å²) in [5.74, 6) is -0.772. The Balaban J connectivity index is 2.33. The molecular weight excluding hydrogens is 284 g/mol. The van der Waals surface area contributed by atoms with Crippen molar-refractivity contribution in [2.75, 3.05) is 19.0 Å². The van der Waals surface area contributed by atoms with Gasteiger partial charge in [0.05, 0.1) is 16.1 Å². The molecule has 0 fully saturated rings. The fourth-order valence-electron chi connectivity index (χ4n) is 1.84. The van der Waals surface area contributed by atoms with Crippen LogP contribution in [-0.4, -0.2) is 38.5 Å². The zero-order valence-corrected chi connectivity index (χ0v) is 12.1. The number of sulfone groups is 1. The normalized spacial score (nSPS) is 14.9. The molecule has 0 saturated heterocycles. The number of aliphatic carboxylic acids is 1. The van der Waals surface area contributed by atoms with Crippen molar-refractivity contribution < 1.29 is 27.8 Å². The van der Waals surface area contributed by atoms with Crippen molar-refractivity contribution in [3.8, 4) is 11.5 Å². The molecule has 2 rings (SSSR count). The van der Waals surface area contributed by atoms with E-state index in [9.17, 15) is 13.2 Å². The van der Waals surface area contributed by atoms with Crippen molar-refractivity contribution in [3.63, 3.8) is 0 Å². The Labute approximate surface area is 117 Å². The summed E-state index contributed by atoms with van der Waals surface area (Å²) in [6, 6.07) is 4.30. The van der Waals surface area contributed by atoms with E-state index in [0.29, 0.717) is 24.7 Å².